The van der Waals surface area contributed by atoms with Gasteiger partial charge in [0.15, 0.2) is 5.65 Å². The number of halogens is 1. The molecule has 4 fully saturated rings. The van der Waals surface area contributed by atoms with Crippen LogP contribution in [0.5, 0.6) is 0 Å². The second kappa shape index (κ2) is 4.92. The largest absolute Gasteiger partial charge is 0.390 e. The zero-order valence-electron chi connectivity index (χ0n) is 13.2. The molecule has 4 aliphatic carbocycles. The van der Waals surface area contributed by atoms with E-state index in [1.807, 2.05) is 0 Å². The molecule has 2 heterocycles. The highest BCUT2D eigenvalue weighted by Crippen LogP contribution is 2.55. The number of carbonyl (C=O) groups excluding carboxylic acids is 1. The van der Waals surface area contributed by atoms with Crippen molar-refractivity contribution in [2.24, 2.45) is 17.8 Å². The van der Waals surface area contributed by atoms with Gasteiger partial charge in [-0.1, -0.05) is 11.6 Å². The van der Waals surface area contributed by atoms with Crippen molar-refractivity contribution in [3.05, 3.63) is 29.2 Å². The van der Waals surface area contributed by atoms with Gasteiger partial charge in [0.1, 0.15) is 5.56 Å². The Hall–Kier alpha value is -1.66. The Morgan fingerprint density at radius 3 is 2.75 bits per heavy atom. The van der Waals surface area contributed by atoms with E-state index in [1.54, 1.807) is 6.20 Å². The number of hydrogen-bond acceptors (Lipinski definition) is 4. The normalized spacial score (nSPS) is 37.1. The van der Waals surface area contributed by atoms with Gasteiger partial charge in [0.2, 0.25) is 0 Å². The first kappa shape index (κ1) is 14.7. The maximum atomic E-state index is 12.8. The first-order chi connectivity index (χ1) is 11.5. The molecule has 4 bridgehead atoms. The van der Waals surface area contributed by atoms with Crippen molar-refractivity contribution in [2.45, 2.75) is 43.7 Å². The maximum Gasteiger partial charge on any atom is 0.257 e. The highest BCUT2D eigenvalue weighted by molar-refractivity contribution is 6.30. The maximum absolute atomic E-state index is 12.8. The summed E-state index contributed by atoms with van der Waals surface area (Å²) in [7, 11) is 0. The summed E-state index contributed by atoms with van der Waals surface area (Å²) in [4.78, 5) is 17.0. The highest BCUT2D eigenvalue weighted by Gasteiger charge is 2.55. The van der Waals surface area contributed by atoms with Crippen molar-refractivity contribution in [2.75, 3.05) is 0 Å². The van der Waals surface area contributed by atoms with Gasteiger partial charge in [0.05, 0.1) is 23.0 Å². The fourth-order valence-corrected chi connectivity index (χ4v) is 5.60. The van der Waals surface area contributed by atoms with E-state index in [0.717, 1.165) is 32.1 Å². The van der Waals surface area contributed by atoms with Crippen LogP contribution in [0.4, 0.5) is 0 Å². The summed E-state index contributed by atoms with van der Waals surface area (Å²) >= 11 is 5.91. The molecule has 1 amide bonds. The average molecular weight is 347 g/mol. The molecule has 0 radical (unpaired) electrons. The van der Waals surface area contributed by atoms with Crippen LogP contribution in [0.1, 0.15) is 42.5 Å². The number of rotatable bonds is 2. The molecule has 0 saturated heterocycles. The summed E-state index contributed by atoms with van der Waals surface area (Å²) in [5.74, 6) is 1.26. The van der Waals surface area contributed by atoms with Crippen LogP contribution in [-0.4, -0.2) is 37.3 Å². The van der Waals surface area contributed by atoms with Gasteiger partial charge in [0, 0.05) is 12.2 Å². The Kier molecular flexibility index (Phi) is 3.01. The van der Waals surface area contributed by atoms with Crippen molar-refractivity contribution in [3.8, 4) is 0 Å². The first-order valence-electron chi connectivity index (χ1n) is 8.53. The number of hydrogen-bond donors (Lipinski definition) is 2. The number of amides is 1. The molecule has 0 aliphatic heterocycles. The van der Waals surface area contributed by atoms with Crippen molar-refractivity contribution < 1.29 is 9.90 Å². The van der Waals surface area contributed by atoms with Crippen LogP contribution in [0, 0.1) is 17.8 Å². The van der Waals surface area contributed by atoms with Gasteiger partial charge < -0.3 is 10.4 Å². The van der Waals surface area contributed by atoms with Crippen LogP contribution in [0.15, 0.2) is 18.6 Å². The predicted molar refractivity (Wildman–Crippen MR) is 87.8 cm³/mol. The molecule has 6 rings (SSSR count). The quantitative estimate of drug-likeness (QED) is 0.872. The second-order valence-electron chi connectivity index (χ2n) is 7.79. The molecular formula is C17H19ClN4O2. The fraction of sp³-hybridized carbons (Fsp3) is 0.588. The molecular weight excluding hydrogens is 328 g/mol. The lowest BCUT2D eigenvalue weighted by atomic mass is 9.52. The first-order valence-corrected chi connectivity index (χ1v) is 8.91. The van der Waals surface area contributed by atoms with Crippen molar-refractivity contribution >= 4 is 23.2 Å². The van der Waals surface area contributed by atoms with Crippen molar-refractivity contribution in [3.63, 3.8) is 0 Å². The zero-order chi connectivity index (χ0) is 16.5. The molecule has 2 aromatic rings. The van der Waals surface area contributed by atoms with Crippen molar-refractivity contribution in [1.82, 2.24) is 19.9 Å². The summed E-state index contributed by atoms with van der Waals surface area (Å²) < 4.78 is 1.52. The third-order valence-corrected chi connectivity index (χ3v) is 6.30. The summed E-state index contributed by atoms with van der Waals surface area (Å²) in [6.07, 6.45) is 9.50. The average Bonchev–Trinajstić information content (AvgIpc) is 2.92. The van der Waals surface area contributed by atoms with E-state index < -0.39 is 5.60 Å². The van der Waals surface area contributed by atoms with Crippen LogP contribution in [-0.2, 0) is 0 Å². The molecule has 2 N–H and O–H groups in total. The monoisotopic (exact) mass is 346 g/mol. The van der Waals surface area contributed by atoms with Crippen molar-refractivity contribution in [1.29, 1.82) is 0 Å². The van der Waals surface area contributed by atoms with Crippen LogP contribution < -0.4 is 5.32 Å². The molecule has 6 nitrogen and oxygen atoms in total. The molecule has 2 aromatic heterocycles. The molecule has 2 unspecified atom stereocenters. The van der Waals surface area contributed by atoms with E-state index in [1.165, 1.54) is 16.9 Å². The number of nitrogens with one attached hydrogen (secondary N) is 1. The SMILES string of the molecule is O=C(NC1C2CC3CC1CC(O)(C3)C2)c1cnn2cc(Cl)cnc12. The molecule has 7 heteroatoms. The van der Waals surface area contributed by atoms with Crippen LogP contribution >= 0.6 is 11.6 Å². The lowest BCUT2D eigenvalue weighted by molar-refractivity contribution is -0.136. The minimum Gasteiger partial charge on any atom is -0.390 e. The lowest BCUT2D eigenvalue weighted by Gasteiger charge is -2.58. The molecule has 4 aliphatic rings. The van der Waals surface area contributed by atoms with E-state index in [9.17, 15) is 9.90 Å². The third kappa shape index (κ3) is 2.16. The van der Waals surface area contributed by atoms with E-state index in [2.05, 4.69) is 15.4 Å². The molecule has 0 spiro atoms. The number of carbonyl (C=O) groups is 1. The number of nitrogens with zero attached hydrogens (tertiary/aromatic N) is 3. The Labute approximate surface area is 144 Å². The number of aliphatic hydroxyl groups is 1. The standard InChI is InChI=1S/C17H19ClN4O2/c18-12-6-19-15-13(7-20-22(15)8-12)16(23)21-14-10-1-9-2-11(14)5-17(24,3-9)4-10/h6-11,14,24H,1-5H2,(H,21,23). The van der Waals surface area contributed by atoms with Gasteiger partial charge in [0.25, 0.3) is 5.91 Å². The van der Waals surface area contributed by atoms with Gasteiger partial charge in [-0.3, -0.25) is 4.79 Å². The van der Waals surface area contributed by atoms with Crippen LogP contribution in [0.3, 0.4) is 0 Å². The van der Waals surface area contributed by atoms with Gasteiger partial charge in [-0.15, -0.1) is 0 Å². The van der Waals surface area contributed by atoms with Crippen LogP contribution in [0.2, 0.25) is 5.02 Å². The number of fused-ring (bicyclic) bond motifs is 1. The van der Waals surface area contributed by atoms with Gasteiger partial charge >= 0.3 is 0 Å². The number of aromatic nitrogens is 3. The Morgan fingerprint density at radius 1 is 1.29 bits per heavy atom. The van der Waals surface area contributed by atoms with Crippen LogP contribution in [0.25, 0.3) is 5.65 Å². The van der Waals surface area contributed by atoms with E-state index >= 15 is 0 Å². The summed E-state index contributed by atoms with van der Waals surface area (Å²) in [5.41, 5.74) is 0.499. The van der Waals surface area contributed by atoms with E-state index in [-0.39, 0.29) is 11.9 Å². The summed E-state index contributed by atoms with van der Waals surface area (Å²) in [6.45, 7) is 0. The summed E-state index contributed by atoms with van der Waals surface area (Å²) in [5, 5.41) is 18.5. The minimum atomic E-state index is -0.486. The van der Waals surface area contributed by atoms with Gasteiger partial charge in [-0.2, -0.15) is 5.10 Å². The zero-order valence-corrected chi connectivity index (χ0v) is 13.9. The summed E-state index contributed by atoms with van der Waals surface area (Å²) in [6, 6.07) is 0.150. The Morgan fingerprint density at radius 2 is 2.04 bits per heavy atom. The smallest absolute Gasteiger partial charge is 0.257 e. The lowest BCUT2D eigenvalue weighted by Crippen LogP contribution is -2.61. The van der Waals surface area contributed by atoms with Gasteiger partial charge in [-0.25, -0.2) is 9.50 Å². The minimum absolute atomic E-state index is 0.135. The highest BCUT2D eigenvalue weighted by atomic mass is 35.5. The second-order valence-corrected chi connectivity index (χ2v) is 8.23. The van der Waals surface area contributed by atoms with Gasteiger partial charge in [-0.05, 0) is 49.9 Å². The predicted octanol–water partition coefficient (Wildman–Crippen LogP) is 2.05. The molecule has 24 heavy (non-hydrogen) atoms. The van der Waals surface area contributed by atoms with E-state index in [0.29, 0.717) is 34.0 Å². The molecule has 126 valence electrons. The fourth-order valence-electron chi connectivity index (χ4n) is 5.46. The molecule has 2 atom stereocenters. The molecule has 0 aromatic carbocycles. The Bertz CT molecular complexity index is 819. The topological polar surface area (TPSA) is 79.5 Å². The van der Waals surface area contributed by atoms with E-state index in [4.69, 9.17) is 11.6 Å². The third-order valence-electron chi connectivity index (χ3n) is 6.11. The Balaban J connectivity index is 1.40. The molecule has 4 saturated carbocycles.